The predicted molar refractivity (Wildman–Crippen MR) is 124 cm³/mol. The van der Waals surface area contributed by atoms with E-state index in [1.807, 2.05) is 6.07 Å². The number of hydrogen-bond donors (Lipinski definition) is 0. The average molecular weight is 399 g/mol. The molecule has 2 nitrogen and oxygen atoms in total. The number of benzene rings is 3. The van der Waals surface area contributed by atoms with Crippen LogP contribution in [0.25, 0.3) is 6.08 Å². The summed E-state index contributed by atoms with van der Waals surface area (Å²) in [5, 5.41) is 0. The lowest BCUT2D eigenvalue weighted by atomic mass is 9.98. The molecule has 3 atom stereocenters. The van der Waals surface area contributed by atoms with Gasteiger partial charge in [0, 0.05) is 0 Å². The maximum absolute atomic E-state index is 6.39. The van der Waals surface area contributed by atoms with Gasteiger partial charge in [-0.3, -0.25) is 0 Å². The summed E-state index contributed by atoms with van der Waals surface area (Å²) in [7, 11) is 0. The molecule has 0 amide bonds. The standard InChI is InChI=1S/C28H30O2/c1-3-21(2)23-13-16-25(17-14-23)30-28(29-20-19-22-9-5-4-6-10-22)27-18-15-24-11-7-8-12-26(24)27/h4-18,21,27-28H,3,19-20H2,1-2H3. The molecule has 1 aliphatic carbocycles. The minimum absolute atomic E-state index is 0.0891. The van der Waals surface area contributed by atoms with Crippen LogP contribution in [0.1, 0.15) is 54.4 Å². The Balaban J connectivity index is 1.49. The number of fused-ring (bicyclic) bond motifs is 1. The largest absolute Gasteiger partial charge is 0.464 e. The molecule has 3 unspecified atom stereocenters. The Morgan fingerprint density at radius 2 is 1.60 bits per heavy atom. The van der Waals surface area contributed by atoms with Crippen molar-refractivity contribution in [3.05, 3.63) is 107 Å². The summed E-state index contributed by atoms with van der Waals surface area (Å²) in [4.78, 5) is 0. The van der Waals surface area contributed by atoms with E-state index in [-0.39, 0.29) is 12.2 Å². The first-order valence-electron chi connectivity index (χ1n) is 10.9. The van der Waals surface area contributed by atoms with Gasteiger partial charge in [-0.1, -0.05) is 92.7 Å². The normalized spacial score (nSPS) is 16.8. The minimum atomic E-state index is -0.358. The summed E-state index contributed by atoms with van der Waals surface area (Å²) in [6.45, 7) is 5.09. The molecule has 0 N–H and O–H groups in total. The maximum Gasteiger partial charge on any atom is 0.210 e. The lowest BCUT2D eigenvalue weighted by Crippen LogP contribution is -2.28. The van der Waals surface area contributed by atoms with E-state index >= 15 is 0 Å². The first-order chi connectivity index (χ1) is 14.7. The molecule has 30 heavy (non-hydrogen) atoms. The number of rotatable bonds is 9. The molecular formula is C28H30O2. The molecule has 154 valence electrons. The van der Waals surface area contributed by atoms with E-state index in [1.165, 1.54) is 22.3 Å². The molecule has 0 fully saturated rings. The Labute approximate surface area is 180 Å². The smallest absolute Gasteiger partial charge is 0.210 e. The van der Waals surface area contributed by atoms with Crippen LogP contribution in [0, 0.1) is 0 Å². The van der Waals surface area contributed by atoms with E-state index in [1.54, 1.807) is 0 Å². The highest BCUT2D eigenvalue weighted by molar-refractivity contribution is 5.62. The Morgan fingerprint density at radius 1 is 0.867 bits per heavy atom. The fourth-order valence-corrected chi connectivity index (χ4v) is 3.91. The first kappa shape index (κ1) is 20.4. The quantitative estimate of drug-likeness (QED) is 0.362. The van der Waals surface area contributed by atoms with Gasteiger partial charge in [0.05, 0.1) is 12.5 Å². The fourth-order valence-electron chi connectivity index (χ4n) is 3.91. The fraction of sp³-hybridized carbons (Fsp3) is 0.286. The lowest BCUT2D eigenvalue weighted by Gasteiger charge is -2.25. The van der Waals surface area contributed by atoms with E-state index in [2.05, 4.69) is 98.8 Å². The van der Waals surface area contributed by atoms with E-state index in [0.29, 0.717) is 12.5 Å². The van der Waals surface area contributed by atoms with Crippen LogP contribution < -0.4 is 4.74 Å². The monoisotopic (exact) mass is 398 g/mol. The second-order valence-corrected chi connectivity index (χ2v) is 7.98. The van der Waals surface area contributed by atoms with Gasteiger partial charge in [0.2, 0.25) is 6.29 Å². The highest BCUT2D eigenvalue weighted by Gasteiger charge is 2.28. The van der Waals surface area contributed by atoms with E-state index in [0.717, 1.165) is 18.6 Å². The molecule has 0 bridgehead atoms. The molecule has 0 aromatic heterocycles. The number of ether oxygens (including phenoxy) is 2. The van der Waals surface area contributed by atoms with Crippen LogP contribution in [-0.2, 0) is 11.2 Å². The summed E-state index contributed by atoms with van der Waals surface area (Å²) in [5.74, 6) is 1.50. The summed E-state index contributed by atoms with van der Waals surface area (Å²) in [6, 6.07) is 27.4. The van der Waals surface area contributed by atoms with Crippen LogP contribution in [0.3, 0.4) is 0 Å². The third-order valence-corrected chi connectivity index (χ3v) is 5.96. The van der Waals surface area contributed by atoms with Crippen LogP contribution in [-0.4, -0.2) is 12.9 Å². The molecular weight excluding hydrogens is 368 g/mol. The summed E-state index contributed by atoms with van der Waals surface area (Å²) >= 11 is 0. The average Bonchev–Trinajstić information content (AvgIpc) is 3.23. The van der Waals surface area contributed by atoms with Gasteiger partial charge in [0.25, 0.3) is 0 Å². The van der Waals surface area contributed by atoms with Crippen molar-refractivity contribution >= 4 is 6.08 Å². The molecule has 0 radical (unpaired) electrons. The Hall–Kier alpha value is -2.84. The second-order valence-electron chi connectivity index (χ2n) is 7.98. The van der Waals surface area contributed by atoms with Crippen LogP contribution in [0.2, 0.25) is 0 Å². The van der Waals surface area contributed by atoms with Crippen molar-refractivity contribution < 1.29 is 9.47 Å². The SMILES string of the molecule is CCC(C)c1ccc(OC(OCCc2ccccc2)C2C=Cc3ccccc32)cc1. The molecule has 0 saturated heterocycles. The van der Waals surface area contributed by atoms with E-state index in [9.17, 15) is 0 Å². The third-order valence-electron chi connectivity index (χ3n) is 5.96. The van der Waals surface area contributed by atoms with Gasteiger partial charge in [0.15, 0.2) is 0 Å². The topological polar surface area (TPSA) is 18.5 Å². The number of hydrogen-bond acceptors (Lipinski definition) is 2. The van der Waals surface area contributed by atoms with Crippen LogP contribution in [0.15, 0.2) is 84.9 Å². The van der Waals surface area contributed by atoms with Gasteiger partial charge in [-0.15, -0.1) is 0 Å². The van der Waals surface area contributed by atoms with Gasteiger partial charge >= 0.3 is 0 Å². The zero-order valence-corrected chi connectivity index (χ0v) is 17.8. The molecule has 0 heterocycles. The van der Waals surface area contributed by atoms with Gasteiger partial charge in [-0.05, 0) is 53.1 Å². The Bertz CT molecular complexity index is 959. The van der Waals surface area contributed by atoms with Gasteiger partial charge in [0.1, 0.15) is 5.75 Å². The molecule has 0 aliphatic heterocycles. The van der Waals surface area contributed by atoms with E-state index < -0.39 is 0 Å². The van der Waals surface area contributed by atoms with E-state index in [4.69, 9.17) is 9.47 Å². The van der Waals surface area contributed by atoms with Crippen molar-refractivity contribution in [2.75, 3.05) is 6.61 Å². The third kappa shape index (κ3) is 4.83. The molecule has 4 rings (SSSR count). The van der Waals surface area contributed by atoms with Crippen molar-refractivity contribution in [1.82, 2.24) is 0 Å². The lowest BCUT2D eigenvalue weighted by molar-refractivity contribution is -0.0867. The first-order valence-corrected chi connectivity index (χ1v) is 10.9. The van der Waals surface area contributed by atoms with Gasteiger partial charge in [-0.25, -0.2) is 0 Å². The summed E-state index contributed by atoms with van der Waals surface area (Å²) < 4.78 is 12.7. The van der Waals surface area contributed by atoms with Crippen LogP contribution >= 0.6 is 0 Å². The summed E-state index contributed by atoms with van der Waals surface area (Å²) in [5.41, 5.74) is 5.13. The second kappa shape index (κ2) is 9.77. The Morgan fingerprint density at radius 3 is 2.37 bits per heavy atom. The summed E-state index contributed by atoms with van der Waals surface area (Å²) in [6.07, 6.45) is 6.01. The molecule has 3 aromatic carbocycles. The molecule has 1 aliphatic rings. The van der Waals surface area contributed by atoms with Crippen molar-refractivity contribution in [2.24, 2.45) is 0 Å². The zero-order chi connectivity index (χ0) is 20.8. The molecule has 3 aromatic rings. The minimum Gasteiger partial charge on any atom is -0.464 e. The van der Waals surface area contributed by atoms with Gasteiger partial charge in [-0.2, -0.15) is 0 Å². The van der Waals surface area contributed by atoms with Crippen molar-refractivity contribution in [1.29, 1.82) is 0 Å². The van der Waals surface area contributed by atoms with Crippen LogP contribution in [0.4, 0.5) is 0 Å². The van der Waals surface area contributed by atoms with Crippen LogP contribution in [0.5, 0.6) is 5.75 Å². The highest BCUT2D eigenvalue weighted by Crippen LogP contribution is 2.35. The Kier molecular flexibility index (Phi) is 6.66. The molecule has 0 saturated carbocycles. The highest BCUT2D eigenvalue weighted by atomic mass is 16.7. The maximum atomic E-state index is 6.39. The molecule has 2 heteroatoms. The van der Waals surface area contributed by atoms with Gasteiger partial charge < -0.3 is 9.47 Å². The zero-order valence-electron chi connectivity index (χ0n) is 17.8. The van der Waals surface area contributed by atoms with Crippen molar-refractivity contribution in [2.45, 2.75) is 44.8 Å². The molecule has 0 spiro atoms. The predicted octanol–water partition coefficient (Wildman–Crippen LogP) is 6.97. The van der Waals surface area contributed by atoms with Crippen molar-refractivity contribution in [3.63, 3.8) is 0 Å². The van der Waals surface area contributed by atoms with Crippen molar-refractivity contribution in [3.8, 4) is 5.75 Å².